The van der Waals surface area contributed by atoms with Crippen LogP contribution >= 0.6 is 0 Å². The van der Waals surface area contributed by atoms with E-state index in [9.17, 15) is 18.3 Å². The number of methoxy groups -OCH3 is 1. The van der Waals surface area contributed by atoms with E-state index in [2.05, 4.69) is 4.90 Å². The number of aliphatic carboxylic acids is 1. The minimum atomic E-state index is -3.36. The van der Waals surface area contributed by atoms with Gasteiger partial charge in [0, 0.05) is 38.6 Å². The molecule has 3 rings (SSSR count). The first-order chi connectivity index (χ1) is 12.2. The highest BCUT2D eigenvalue weighted by atomic mass is 32.2. The van der Waals surface area contributed by atoms with Crippen molar-refractivity contribution in [2.45, 2.75) is 20.4 Å². The normalized spacial score (nSPS) is 26.8. The summed E-state index contributed by atoms with van der Waals surface area (Å²) < 4.78 is 31.0. The van der Waals surface area contributed by atoms with Crippen molar-refractivity contribution in [1.29, 1.82) is 0 Å². The highest BCUT2D eigenvalue weighted by Crippen LogP contribution is 2.44. The zero-order valence-corrected chi connectivity index (χ0v) is 16.3. The Kier molecular flexibility index (Phi) is 5.02. The van der Waals surface area contributed by atoms with E-state index in [1.165, 1.54) is 4.31 Å². The summed E-state index contributed by atoms with van der Waals surface area (Å²) in [5.74, 6) is -0.276. The molecule has 0 aromatic heterocycles. The van der Waals surface area contributed by atoms with E-state index >= 15 is 0 Å². The number of fused-ring (bicyclic) bond motifs is 1. The molecule has 144 valence electrons. The maximum absolute atomic E-state index is 12.2. The average Bonchev–Trinajstić information content (AvgIpc) is 3.12. The largest absolute Gasteiger partial charge is 0.497 e. The Morgan fingerprint density at radius 3 is 2.62 bits per heavy atom. The third kappa shape index (κ3) is 3.21. The highest BCUT2D eigenvalue weighted by Gasteiger charge is 2.59. The number of carboxylic acids is 1. The molecular formula is C18H26N2O5S. The molecule has 0 aliphatic carbocycles. The second-order valence-electron chi connectivity index (χ2n) is 7.31. The number of hydrogen-bond acceptors (Lipinski definition) is 5. The molecule has 2 fully saturated rings. The molecule has 8 heteroatoms. The van der Waals surface area contributed by atoms with Gasteiger partial charge < -0.3 is 9.84 Å². The lowest BCUT2D eigenvalue weighted by Crippen LogP contribution is -2.42. The number of carboxylic acid groups (broad SMARTS) is 1. The van der Waals surface area contributed by atoms with Crippen molar-refractivity contribution in [2.24, 2.45) is 11.3 Å². The molecular weight excluding hydrogens is 356 g/mol. The molecule has 26 heavy (non-hydrogen) atoms. The zero-order valence-electron chi connectivity index (χ0n) is 15.4. The van der Waals surface area contributed by atoms with E-state index in [1.54, 1.807) is 14.0 Å². The summed E-state index contributed by atoms with van der Waals surface area (Å²) in [6.45, 7) is 5.58. The minimum absolute atomic E-state index is 0.00414. The lowest BCUT2D eigenvalue weighted by molar-refractivity contribution is -0.148. The Bertz CT molecular complexity index is 810. The van der Waals surface area contributed by atoms with Crippen molar-refractivity contribution in [3.8, 4) is 5.75 Å². The first kappa shape index (κ1) is 19.1. The van der Waals surface area contributed by atoms with Crippen LogP contribution in [0, 0.1) is 18.3 Å². The van der Waals surface area contributed by atoms with Gasteiger partial charge in [-0.25, -0.2) is 12.7 Å². The molecule has 0 unspecified atom stereocenters. The molecule has 2 saturated heterocycles. The molecule has 2 heterocycles. The van der Waals surface area contributed by atoms with Crippen LogP contribution in [0.1, 0.15) is 18.1 Å². The Labute approximate surface area is 154 Å². The predicted molar refractivity (Wildman–Crippen MR) is 97.6 cm³/mol. The number of rotatable bonds is 6. The summed E-state index contributed by atoms with van der Waals surface area (Å²) >= 11 is 0. The zero-order chi connectivity index (χ0) is 19.1. The van der Waals surface area contributed by atoms with E-state index in [1.807, 2.05) is 25.1 Å². The standard InChI is InChI=1S/C18H26N2O5S/c1-4-26(23,24)20-10-15-9-19(11-18(15,12-20)17(21)22)8-14-5-6-16(25-3)7-13(14)2/h5-7,15H,4,8-12H2,1-3H3,(H,21,22)/t15-,18-/m0/s1. The summed E-state index contributed by atoms with van der Waals surface area (Å²) in [5.41, 5.74) is 1.22. The van der Waals surface area contributed by atoms with Crippen LogP contribution < -0.4 is 4.74 Å². The molecule has 0 spiro atoms. The lowest BCUT2D eigenvalue weighted by atomic mass is 9.81. The molecule has 0 saturated carbocycles. The van der Waals surface area contributed by atoms with Gasteiger partial charge in [-0.3, -0.25) is 9.69 Å². The third-order valence-corrected chi connectivity index (χ3v) is 7.57. The molecule has 2 atom stereocenters. The van der Waals surface area contributed by atoms with Crippen LogP contribution in [-0.4, -0.2) is 67.7 Å². The van der Waals surface area contributed by atoms with Crippen LogP contribution in [0.5, 0.6) is 5.75 Å². The number of hydrogen-bond donors (Lipinski definition) is 1. The van der Waals surface area contributed by atoms with Crippen LogP contribution in [0.3, 0.4) is 0 Å². The summed E-state index contributed by atoms with van der Waals surface area (Å²) in [7, 11) is -1.74. The fraction of sp³-hybridized carbons (Fsp3) is 0.611. The number of aryl methyl sites for hydroxylation is 1. The quantitative estimate of drug-likeness (QED) is 0.795. The van der Waals surface area contributed by atoms with Crippen LogP contribution in [0.15, 0.2) is 18.2 Å². The Morgan fingerprint density at radius 1 is 1.35 bits per heavy atom. The summed E-state index contributed by atoms with van der Waals surface area (Å²) in [6, 6.07) is 5.88. The van der Waals surface area contributed by atoms with Gasteiger partial charge >= 0.3 is 5.97 Å². The van der Waals surface area contributed by atoms with Crippen LogP contribution in [0.4, 0.5) is 0 Å². The van der Waals surface area contributed by atoms with Gasteiger partial charge in [0.1, 0.15) is 5.75 Å². The molecule has 2 aliphatic rings. The highest BCUT2D eigenvalue weighted by molar-refractivity contribution is 7.89. The number of benzene rings is 1. The van der Waals surface area contributed by atoms with Gasteiger partial charge in [0.25, 0.3) is 0 Å². The molecule has 2 aliphatic heterocycles. The van der Waals surface area contributed by atoms with Gasteiger partial charge in [-0.15, -0.1) is 0 Å². The molecule has 0 bridgehead atoms. The summed E-state index contributed by atoms with van der Waals surface area (Å²) in [6.07, 6.45) is 0. The van der Waals surface area contributed by atoms with E-state index in [4.69, 9.17) is 4.74 Å². The first-order valence-electron chi connectivity index (χ1n) is 8.79. The van der Waals surface area contributed by atoms with E-state index in [-0.39, 0.29) is 18.2 Å². The number of carbonyl (C=O) groups is 1. The molecule has 0 amide bonds. The SMILES string of the molecule is CCS(=O)(=O)N1C[C@@H]2CN(Cc3ccc(OC)cc3C)C[C@]2(C(=O)O)C1. The van der Waals surface area contributed by atoms with Crippen molar-refractivity contribution in [3.05, 3.63) is 29.3 Å². The monoisotopic (exact) mass is 382 g/mol. The van der Waals surface area contributed by atoms with Gasteiger partial charge in [0.05, 0.1) is 18.3 Å². The van der Waals surface area contributed by atoms with Crippen molar-refractivity contribution in [3.63, 3.8) is 0 Å². The fourth-order valence-corrected chi connectivity index (χ4v) is 5.35. The maximum Gasteiger partial charge on any atom is 0.312 e. The molecule has 7 nitrogen and oxygen atoms in total. The second kappa shape index (κ2) is 6.83. The smallest absolute Gasteiger partial charge is 0.312 e. The van der Waals surface area contributed by atoms with Crippen molar-refractivity contribution >= 4 is 16.0 Å². The summed E-state index contributed by atoms with van der Waals surface area (Å²) in [4.78, 5) is 14.2. The lowest BCUT2D eigenvalue weighted by Gasteiger charge is -2.25. The Morgan fingerprint density at radius 2 is 2.08 bits per heavy atom. The van der Waals surface area contributed by atoms with Gasteiger partial charge in [-0.2, -0.15) is 0 Å². The fourth-order valence-electron chi connectivity index (χ4n) is 4.15. The van der Waals surface area contributed by atoms with Gasteiger partial charge in [0.2, 0.25) is 10.0 Å². The van der Waals surface area contributed by atoms with Crippen molar-refractivity contribution in [1.82, 2.24) is 9.21 Å². The van der Waals surface area contributed by atoms with Gasteiger partial charge in [-0.1, -0.05) is 6.07 Å². The van der Waals surface area contributed by atoms with Crippen LogP contribution in [-0.2, 0) is 21.4 Å². The van der Waals surface area contributed by atoms with Crippen molar-refractivity contribution in [2.75, 3.05) is 39.0 Å². The minimum Gasteiger partial charge on any atom is -0.497 e. The Hall–Kier alpha value is -1.64. The molecule has 1 aromatic carbocycles. The molecule has 1 N–H and O–H groups in total. The summed E-state index contributed by atoms with van der Waals surface area (Å²) in [5, 5.41) is 9.87. The molecule has 1 aromatic rings. The maximum atomic E-state index is 12.2. The van der Waals surface area contributed by atoms with E-state index < -0.39 is 21.4 Å². The Balaban J connectivity index is 1.77. The number of ether oxygens (including phenoxy) is 1. The first-order valence-corrected chi connectivity index (χ1v) is 10.4. The average molecular weight is 382 g/mol. The second-order valence-corrected chi connectivity index (χ2v) is 9.57. The number of nitrogens with zero attached hydrogens (tertiary/aromatic N) is 2. The third-order valence-electron chi connectivity index (χ3n) is 5.78. The van der Waals surface area contributed by atoms with Crippen LogP contribution in [0.25, 0.3) is 0 Å². The molecule has 0 radical (unpaired) electrons. The van der Waals surface area contributed by atoms with Gasteiger partial charge in [0.15, 0.2) is 0 Å². The van der Waals surface area contributed by atoms with E-state index in [0.717, 1.165) is 16.9 Å². The van der Waals surface area contributed by atoms with Crippen molar-refractivity contribution < 1.29 is 23.1 Å². The topological polar surface area (TPSA) is 87.2 Å². The van der Waals surface area contributed by atoms with E-state index in [0.29, 0.717) is 26.2 Å². The van der Waals surface area contributed by atoms with Crippen LogP contribution in [0.2, 0.25) is 0 Å². The number of likely N-dealkylation sites (tertiary alicyclic amines) is 1. The van der Waals surface area contributed by atoms with Gasteiger partial charge in [-0.05, 0) is 37.1 Å². The predicted octanol–water partition coefficient (Wildman–Crippen LogP) is 1.17. The number of sulfonamides is 1.